The molecule has 144 valence electrons. The summed E-state index contributed by atoms with van der Waals surface area (Å²) < 4.78 is 1.93. The van der Waals surface area contributed by atoms with E-state index in [0.29, 0.717) is 12.5 Å². The van der Waals surface area contributed by atoms with E-state index in [1.165, 1.54) is 5.56 Å². The fourth-order valence-corrected chi connectivity index (χ4v) is 3.94. The van der Waals surface area contributed by atoms with E-state index in [2.05, 4.69) is 17.1 Å². The van der Waals surface area contributed by atoms with Gasteiger partial charge < -0.3 is 14.6 Å². The molecule has 0 radical (unpaired) electrons. The molecular weight excluding hydrogens is 350 g/mol. The van der Waals surface area contributed by atoms with Crippen molar-refractivity contribution < 1.29 is 9.90 Å². The van der Waals surface area contributed by atoms with Gasteiger partial charge in [0.2, 0.25) is 5.91 Å². The van der Waals surface area contributed by atoms with E-state index in [4.69, 9.17) is 0 Å². The third kappa shape index (κ3) is 4.15. The van der Waals surface area contributed by atoms with Gasteiger partial charge in [0.05, 0.1) is 6.61 Å². The molecule has 1 fully saturated rings. The molecule has 1 aliphatic rings. The van der Waals surface area contributed by atoms with Gasteiger partial charge in [-0.05, 0) is 29.9 Å². The lowest BCUT2D eigenvalue weighted by molar-refractivity contribution is -0.130. The van der Waals surface area contributed by atoms with E-state index in [1.807, 2.05) is 58.1 Å². The van der Waals surface area contributed by atoms with Crippen LogP contribution in [0.1, 0.15) is 17.5 Å². The van der Waals surface area contributed by atoms with Crippen molar-refractivity contribution in [2.75, 3.05) is 13.1 Å². The zero-order valence-electron chi connectivity index (χ0n) is 15.9. The number of aliphatic hydroxyl groups is 1. The Morgan fingerprint density at radius 3 is 2.75 bits per heavy atom. The normalized spacial score (nSPS) is 16.5. The van der Waals surface area contributed by atoms with Crippen LogP contribution in [0.2, 0.25) is 0 Å². The van der Waals surface area contributed by atoms with E-state index in [0.717, 1.165) is 42.9 Å². The number of aromatic nitrogens is 2. The largest absolute Gasteiger partial charge is 0.392 e. The maximum absolute atomic E-state index is 12.8. The van der Waals surface area contributed by atoms with Crippen molar-refractivity contribution in [3.63, 3.8) is 0 Å². The Labute approximate surface area is 165 Å². The van der Waals surface area contributed by atoms with Crippen LogP contribution in [0, 0.1) is 5.92 Å². The lowest BCUT2D eigenvalue weighted by Crippen LogP contribution is -2.32. The summed E-state index contributed by atoms with van der Waals surface area (Å²) >= 11 is 0. The summed E-state index contributed by atoms with van der Waals surface area (Å²) in [6.45, 7) is 1.98. The first-order valence-corrected chi connectivity index (χ1v) is 9.76. The highest BCUT2D eigenvalue weighted by Gasteiger charge is 2.26. The van der Waals surface area contributed by atoms with Crippen molar-refractivity contribution >= 4 is 5.91 Å². The summed E-state index contributed by atoms with van der Waals surface area (Å²) in [5.41, 5.74) is 3.19. The van der Waals surface area contributed by atoms with Gasteiger partial charge >= 0.3 is 0 Å². The van der Waals surface area contributed by atoms with Crippen LogP contribution >= 0.6 is 0 Å². The van der Waals surface area contributed by atoms with Crippen molar-refractivity contribution in [1.82, 2.24) is 14.5 Å². The maximum Gasteiger partial charge on any atom is 0.242 e. The van der Waals surface area contributed by atoms with E-state index in [-0.39, 0.29) is 12.5 Å². The summed E-state index contributed by atoms with van der Waals surface area (Å²) in [4.78, 5) is 19.2. The Balaban J connectivity index is 1.37. The fourth-order valence-electron chi connectivity index (χ4n) is 3.94. The van der Waals surface area contributed by atoms with Crippen molar-refractivity contribution in [2.24, 2.45) is 5.92 Å². The second-order valence-corrected chi connectivity index (χ2v) is 7.42. The van der Waals surface area contributed by atoms with Gasteiger partial charge in [-0.2, -0.15) is 0 Å². The van der Waals surface area contributed by atoms with Crippen LogP contribution in [0.4, 0.5) is 0 Å². The van der Waals surface area contributed by atoms with E-state index < -0.39 is 0 Å². The highest BCUT2D eigenvalue weighted by atomic mass is 16.3. The number of hydrogen-bond donors (Lipinski definition) is 1. The number of amides is 1. The average molecular weight is 375 g/mol. The molecule has 2 aromatic carbocycles. The van der Waals surface area contributed by atoms with Crippen LogP contribution in [0.15, 0.2) is 67.0 Å². The number of nitrogens with zero attached hydrogens (tertiary/aromatic N) is 3. The number of likely N-dealkylation sites (tertiary alicyclic amines) is 1. The highest BCUT2D eigenvalue weighted by molar-refractivity contribution is 5.77. The van der Waals surface area contributed by atoms with Crippen molar-refractivity contribution in [2.45, 2.75) is 26.0 Å². The van der Waals surface area contributed by atoms with E-state index >= 15 is 0 Å². The van der Waals surface area contributed by atoms with Gasteiger partial charge in [0, 0.05) is 31.0 Å². The molecule has 5 nitrogen and oxygen atoms in total. The van der Waals surface area contributed by atoms with Gasteiger partial charge in [0.25, 0.3) is 0 Å². The predicted octanol–water partition coefficient (Wildman–Crippen LogP) is 3.13. The molecule has 4 rings (SSSR count). The SMILES string of the molecule is O=C(Cn1ccnc1-c1ccccc1)N1CC[C@H](Cc2cccc(CO)c2)C1. The first-order valence-electron chi connectivity index (χ1n) is 9.76. The van der Waals surface area contributed by atoms with Crippen LogP contribution in [-0.4, -0.2) is 38.6 Å². The third-order valence-corrected chi connectivity index (χ3v) is 5.39. The molecule has 0 aliphatic carbocycles. The van der Waals surface area contributed by atoms with Gasteiger partial charge in [-0.3, -0.25) is 4.79 Å². The lowest BCUT2D eigenvalue weighted by Gasteiger charge is -2.18. The van der Waals surface area contributed by atoms with Crippen LogP contribution in [0.5, 0.6) is 0 Å². The number of hydrogen-bond acceptors (Lipinski definition) is 3. The molecule has 1 aliphatic heterocycles. The average Bonchev–Trinajstić information content (AvgIpc) is 3.38. The van der Waals surface area contributed by atoms with Gasteiger partial charge in [-0.1, -0.05) is 54.6 Å². The zero-order chi connectivity index (χ0) is 19.3. The molecule has 1 saturated heterocycles. The summed E-state index contributed by atoms with van der Waals surface area (Å²) in [5, 5.41) is 9.30. The number of benzene rings is 2. The molecule has 2 heterocycles. The highest BCUT2D eigenvalue weighted by Crippen LogP contribution is 2.23. The maximum atomic E-state index is 12.8. The number of rotatable bonds is 6. The predicted molar refractivity (Wildman–Crippen MR) is 108 cm³/mol. The fraction of sp³-hybridized carbons (Fsp3) is 0.304. The first-order chi connectivity index (χ1) is 13.7. The molecular formula is C23H25N3O2. The molecule has 28 heavy (non-hydrogen) atoms. The van der Waals surface area contributed by atoms with Crippen LogP contribution in [0.3, 0.4) is 0 Å². The minimum atomic E-state index is 0.0672. The first kappa shape index (κ1) is 18.4. The molecule has 1 atom stereocenters. The van der Waals surface area contributed by atoms with Crippen LogP contribution in [0.25, 0.3) is 11.4 Å². The summed E-state index contributed by atoms with van der Waals surface area (Å²) in [6, 6.07) is 18.0. The minimum Gasteiger partial charge on any atom is -0.392 e. The molecule has 0 unspecified atom stereocenters. The number of imidazole rings is 1. The Bertz CT molecular complexity index is 936. The van der Waals surface area contributed by atoms with Crippen molar-refractivity contribution in [3.05, 3.63) is 78.1 Å². The van der Waals surface area contributed by atoms with Crippen molar-refractivity contribution in [3.8, 4) is 11.4 Å². The monoisotopic (exact) mass is 375 g/mol. The standard InChI is InChI=1S/C23H25N3O2/c27-17-20-6-4-5-18(14-20)13-19-9-11-25(15-19)22(28)16-26-12-10-24-23(26)21-7-2-1-3-8-21/h1-8,10,12,14,19,27H,9,11,13,15-17H2/t19-/m1/s1. The number of aliphatic hydroxyl groups excluding tert-OH is 1. The lowest BCUT2D eigenvalue weighted by atomic mass is 9.97. The minimum absolute atomic E-state index is 0.0672. The number of carbonyl (C=O) groups is 1. The Kier molecular flexibility index (Phi) is 5.53. The molecule has 0 bridgehead atoms. The Morgan fingerprint density at radius 1 is 1.11 bits per heavy atom. The van der Waals surface area contributed by atoms with E-state index in [1.54, 1.807) is 6.20 Å². The van der Waals surface area contributed by atoms with Gasteiger partial charge in [0.1, 0.15) is 12.4 Å². The smallest absolute Gasteiger partial charge is 0.242 e. The number of carbonyl (C=O) groups excluding carboxylic acids is 1. The summed E-state index contributed by atoms with van der Waals surface area (Å²) in [5.74, 6) is 1.43. The van der Waals surface area contributed by atoms with Gasteiger partial charge in [-0.15, -0.1) is 0 Å². The van der Waals surface area contributed by atoms with Crippen molar-refractivity contribution in [1.29, 1.82) is 0 Å². The van der Waals surface area contributed by atoms with E-state index in [9.17, 15) is 9.90 Å². The Hall–Kier alpha value is -2.92. The summed E-state index contributed by atoms with van der Waals surface area (Å²) in [6.07, 6.45) is 5.58. The van der Waals surface area contributed by atoms with Gasteiger partial charge in [-0.25, -0.2) is 4.98 Å². The Morgan fingerprint density at radius 2 is 1.93 bits per heavy atom. The zero-order valence-corrected chi connectivity index (χ0v) is 15.9. The molecule has 1 N–H and O–H groups in total. The second kappa shape index (κ2) is 8.40. The second-order valence-electron chi connectivity index (χ2n) is 7.42. The molecule has 3 aromatic rings. The molecule has 5 heteroatoms. The topological polar surface area (TPSA) is 58.4 Å². The van der Waals surface area contributed by atoms with Gasteiger partial charge in [0.15, 0.2) is 0 Å². The van der Waals surface area contributed by atoms with Crippen LogP contribution in [-0.2, 0) is 24.4 Å². The van der Waals surface area contributed by atoms with Crippen LogP contribution < -0.4 is 0 Å². The third-order valence-electron chi connectivity index (χ3n) is 5.39. The molecule has 1 aromatic heterocycles. The molecule has 1 amide bonds. The summed E-state index contributed by atoms with van der Waals surface area (Å²) in [7, 11) is 0. The molecule has 0 spiro atoms. The quantitative estimate of drug-likeness (QED) is 0.720. The molecule has 0 saturated carbocycles.